The number of aliphatic hydroxyl groups is 1. The molecule has 0 aliphatic carbocycles. The fourth-order valence-electron chi connectivity index (χ4n) is 5.31. The third-order valence-corrected chi connectivity index (χ3v) is 9.87. The highest BCUT2D eigenvalue weighted by Gasteiger charge is 2.39. The predicted octanol–water partition coefficient (Wildman–Crippen LogP) is 4.80. The van der Waals surface area contributed by atoms with Crippen molar-refractivity contribution in [3.8, 4) is 0 Å². The first-order valence-corrected chi connectivity index (χ1v) is 16.0. The lowest BCUT2D eigenvalue weighted by Gasteiger charge is -2.29. The van der Waals surface area contributed by atoms with Gasteiger partial charge in [-0.05, 0) is 73.0 Å². The van der Waals surface area contributed by atoms with Crippen LogP contribution in [-0.2, 0) is 20.8 Å². The van der Waals surface area contributed by atoms with Gasteiger partial charge in [0.1, 0.15) is 6.04 Å². The van der Waals surface area contributed by atoms with Crippen LogP contribution in [0.5, 0.6) is 0 Å². The number of hydrogen-bond donors (Lipinski definition) is 2. The molecule has 1 fully saturated rings. The van der Waals surface area contributed by atoms with Gasteiger partial charge in [-0.25, -0.2) is 8.42 Å². The second kappa shape index (κ2) is 13.4. The standard InChI is InChI=1S/C32H36F3N3O5S/c1-4-37(3)31(41)29-18-24(21-6-12-25(13-7-21)32(33,34)35)19-38(29)26-14-8-23(9-15-26)30(40)36-28(20-39)22-10-16-27(17-11-22)44(42,43)5-2/h6-17,24,28-29,39H,4-5,18-20H2,1-3H3,(H,36,40)/t24?,28?,29-/m0/s1. The second-order valence-corrected chi connectivity index (χ2v) is 13.1. The van der Waals surface area contributed by atoms with E-state index < -0.39 is 46.2 Å². The Balaban J connectivity index is 1.51. The zero-order valence-electron chi connectivity index (χ0n) is 24.7. The van der Waals surface area contributed by atoms with Crippen LogP contribution in [0.1, 0.15) is 59.3 Å². The Morgan fingerprint density at radius 2 is 1.61 bits per heavy atom. The lowest BCUT2D eigenvalue weighted by Crippen LogP contribution is -2.44. The Hall–Kier alpha value is -3.90. The van der Waals surface area contributed by atoms with Crippen LogP contribution < -0.4 is 10.2 Å². The van der Waals surface area contributed by atoms with Gasteiger partial charge in [-0.1, -0.05) is 31.2 Å². The van der Waals surface area contributed by atoms with Gasteiger partial charge in [0.25, 0.3) is 5.91 Å². The molecule has 236 valence electrons. The molecule has 12 heteroatoms. The minimum atomic E-state index is -4.43. The second-order valence-electron chi connectivity index (χ2n) is 10.8. The molecule has 1 heterocycles. The molecule has 1 aliphatic heterocycles. The molecule has 2 unspecified atom stereocenters. The number of amides is 2. The number of nitrogens with zero attached hydrogens (tertiary/aromatic N) is 2. The van der Waals surface area contributed by atoms with Crippen LogP contribution in [0.25, 0.3) is 0 Å². The smallest absolute Gasteiger partial charge is 0.394 e. The topological polar surface area (TPSA) is 107 Å². The summed E-state index contributed by atoms with van der Waals surface area (Å²) in [5.74, 6) is -0.779. The number of carbonyl (C=O) groups excluding carboxylic acids is 2. The third-order valence-electron chi connectivity index (χ3n) is 8.12. The Kier molecular flexibility index (Phi) is 10.0. The molecule has 1 saturated heterocycles. The van der Waals surface area contributed by atoms with Crippen molar-refractivity contribution in [1.82, 2.24) is 10.2 Å². The van der Waals surface area contributed by atoms with Crippen LogP contribution in [0.15, 0.2) is 77.7 Å². The first-order chi connectivity index (χ1) is 20.8. The van der Waals surface area contributed by atoms with Crippen LogP contribution >= 0.6 is 0 Å². The normalized spacial score (nSPS) is 17.8. The number of hydrogen-bond acceptors (Lipinski definition) is 6. The van der Waals surface area contributed by atoms with Gasteiger partial charge in [-0.15, -0.1) is 0 Å². The maximum absolute atomic E-state index is 13.3. The van der Waals surface area contributed by atoms with E-state index in [0.29, 0.717) is 41.9 Å². The van der Waals surface area contributed by atoms with Crippen molar-refractivity contribution in [3.05, 3.63) is 95.1 Å². The van der Waals surface area contributed by atoms with Crippen LogP contribution in [0.3, 0.4) is 0 Å². The van der Waals surface area contributed by atoms with Gasteiger partial charge in [0.15, 0.2) is 9.84 Å². The fourth-order valence-corrected chi connectivity index (χ4v) is 6.19. The quantitative estimate of drug-likeness (QED) is 0.333. The summed E-state index contributed by atoms with van der Waals surface area (Å²) in [6.45, 7) is 3.91. The molecule has 0 radical (unpaired) electrons. The average molecular weight is 632 g/mol. The van der Waals surface area contributed by atoms with Gasteiger partial charge in [-0.2, -0.15) is 13.2 Å². The van der Waals surface area contributed by atoms with E-state index in [9.17, 15) is 36.3 Å². The summed E-state index contributed by atoms with van der Waals surface area (Å²) in [4.78, 5) is 30.0. The monoisotopic (exact) mass is 631 g/mol. The van der Waals surface area contributed by atoms with Crippen molar-refractivity contribution in [3.63, 3.8) is 0 Å². The molecule has 3 aromatic rings. The molecule has 8 nitrogen and oxygen atoms in total. The summed E-state index contributed by atoms with van der Waals surface area (Å²) >= 11 is 0. The van der Waals surface area contributed by atoms with Gasteiger partial charge in [0, 0.05) is 37.3 Å². The maximum Gasteiger partial charge on any atom is 0.416 e. The van der Waals surface area contributed by atoms with Crippen molar-refractivity contribution < 1.29 is 36.3 Å². The lowest BCUT2D eigenvalue weighted by atomic mass is 9.95. The molecule has 1 aliphatic rings. The molecule has 4 rings (SSSR count). The number of anilines is 1. The van der Waals surface area contributed by atoms with E-state index in [1.807, 2.05) is 11.8 Å². The first kappa shape index (κ1) is 33.0. The van der Waals surface area contributed by atoms with Crippen molar-refractivity contribution in [2.24, 2.45) is 0 Å². The molecule has 44 heavy (non-hydrogen) atoms. The van der Waals surface area contributed by atoms with Crippen LogP contribution in [-0.4, -0.2) is 68.8 Å². The molecular formula is C32H36F3N3O5S. The summed E-state index contributed by atoms with van der Waals surface area (Å²) in [5.41, 5.74) is 1.52. The lowest BCUT2D eigenvalue weighted by molar-refractivity contribution is -0.137. The maximum atomic E-state index is 13.3. The van der Waals surface area contributed by atoms with Gasteiger partial charge < -0.3 is 20.2 Å². The predicted molar refractivity (Wildman–Crippen MR) is 161 cm³/mol. The summed E-state index contributed by atoms with van der Waals surface area (Å²) in [5, 5.41) is 12.7. The number of halogens is 3. The molecular weight excluding hydrogens is 595 g/mol. The Bertz CT molecular complexity index is 1560. The highest BCUT2D eigenvalue weighted by molar-refractivity contribution is 7.91. The molecule has 0 saturated carbocycles. The van der Waals surface area contributed by atoms with Crippen molar-refractivity contribution in [1.29, 1.82) is 0 Å². The van der Waals surface area contributed by atoms with E-state index in [-0.39, 0.29) is 22.5 Å². The summed E-state index contributed by atoms with van der Waals surface area (Å²) in [6.07, 6.45) is -4.01. The molecule has 2 amide bonds. The SMILES string of the molecule is CCN(C)C(=O)[C@@H]1CC(c2ccc(C(F)(F)F)cc2)CN1c1ccc(C(=O)NC(CO)c2ccc(S(=O)(=O)CC)cc2)cc1. The Morgan fingerprint density at radius 1 is 1.00 bits per heavy atom. The fraction of sp³-hybridized carbons (Fsp3) is 0.375. The zero-order chi connectivity index (χ0) is 32.2. The van der Waals surface area contributed by atoms with Gasteiger partial charge >= 0.3 is 6.18 Å². The van der Waals surface area contributed by atoms with E-state index in [0.717, 1.165) is 12.1 Å². The van der Waals surface area contributed by atoms with Gasteiger partial charge in [0.2, 0.25) is 5.91 Å². The average Bonchev–Trinajstić information content (AvgIpc) is 3.48. The summed E-state index contributed by atoms with van der Waals surface area (Å²) in [7, 11) is -1.68. The third kappa shape index (κ3) is 7.24. The molecule has 3 aromatic carbocycles. The number of benzene rings is 3. The minimum Gasteiger partial charge on any atom is -0.394 e. The number of carbonyl (C=O) groups is 2. The van der Waals surface area contributed by atoms with Gasteiger partial charge in [0.05, 0.1) is 28.9 Å². The number of nitrogens with one attached hydrogen (secondary N) is 1. The Labute approximate surface area is 255 Å². The summed E-state index contributed by atoms with van der Waals surface area (Å²) in [6, 6.07) is 16.4. The highest BCUT2D eigenvalue weighted by atomic mass is 32.2. The number of rotatable bonds is 10. The van der Waals surface area contributed by atoms with Crippen molar-refractivity contribution in [2.75, 3.05) is 37.4 Å². The van der Waals surface area contributed by atoms with Crippen LogP contribution in [0.4, 0.5) is 18.9 Å². The first-order valence-electron chi connectivity index (χ1n) is 14.3. The van der Waals surface area contributed by atoms with E-state index in [2.05, 4.69) is 5.32 Å². The van der Waals surface area contributed by atoms with Crippen LogP contribution in [0.2, 0.25) is 0 Å². The molecule has 0 bridgehead atoms. The highest BCUT2D eigenvalue weighted by Crippen LogP contribution is 2.37. The Morgan fingerprint density at radius 3 is 2.14 bits per heavy atom. The van der Waals surface area contributed by atoms with E-state index in [1.165, 1.54) is 24.3 Å². The zero-order valence-corrected chi connectivity index (χ0v) is 25.5. The molecule has 3 atom stereocenters. The molecule has 0 aromatic heterocycles. The molecule has 2 N–H and O–H groups in total. The van der Waals surface area contributed by atoms with E-state index >= 15 is 0 Å². The van der Waals surface area contributed by atoms with Crippen molar-refractivity contribution >= 4 is 27.3 Å². The number of sulfone groups is 1. The largest absolute Gasteiger partial charge is 0.416 e. The van der Waals surface area contributed by atoms with Crippen LogP contribution in [0, 0.1) is 0 Å². The number of aliphatic hydroxyl groups excluding tert-OH is 1. The van der Waals surface area contributed by atoms with E-state index in [1.54, 1.807) is 55.3 Å². The molecule has 0 spiro atoms. The van der Waals surface area contributed by atoms with Gasteiger partial charge in [-0.3, -0.25) is 9.59 Å². The number of likely N-dealkylation sites (N-methyl/N-ethyl adjacent to an activating group) is 1. The minimum absolute atomic E-state index is 0.0418. The summed E-state index contributed by atoms with van der Waals surface area (Å²) < 4.78 is 63.5. The van der Waals surface area contributed by atoms with Crippen molar-refractivity contribution in [2.45, 2.75) is 49.3 Å². The number of alkyl halides is 3. The van der Waals surface area contributed by atoms with E-state index in [4.69, 9.17) is 0 Å².